The molecule has 0 heterocycles. The van der Waals surface area contributed by atoms with Crippen LogP contribution in [-0.2, 0) is 16.6 Å². The SMILES string of the molecule is CNS(=O)(=O)c1ccc(NC(=O)c2ccc(OCc3ccccc3Cl)c(OC)c2)cc1. The summed E-state index contributed by atoms with van der Waals surface area (Å²) in [6.45, 7) is 0.253. The summed E-state index contributed by atoms with van der Waals surface area (Å²) in [6, 6.07) is 18.0. The molecule has 9 heteroatoms. The van der Waals surface area contributed by atoms with E-state index >= 15 is 0 Å². The van der Waals surface area contributed by atoms with Gasteiger partial charge in [-0.15, -0.1) is 0 Å². The molecule has 0 aromatic heterocycles. The van der Waals surface area contributed by atoms with Gasteiger partial charge in [-0.05, 0) is 55.6 Å². The van der Waals surface area contributed by atoms with E-state index < -0.39 is 10.0 Å². The minimum atomic E-state index is -3.54. The molecule has 0 fully saturated rings. The Kier molecular flexibility index (Phi) is 7.17. The maximum absolute atomic E-state index is 12.6. The number of hydrogen-bond donors (Lipinski definition) is 2. The Morgan fingerprint density at radius 1 is 1.00 bits per heavy atom. The number of amides is 1. The summed E-state index contributed by atoms with van der Waals surface area (Å²) in [5, 5.41) is 3.33. The molecule has 0 atom stereocenters. The second-order valence-electron chi connectivity index (χ2n) is 6.43. The average molecular weight is 461 g/mol. The van der Waals surface area contributed by atoms with Gasteiger partial charge in [0, 0.05) is 21.8 Å². The lowest BCUT2D eigenvalue weighted by molar-refractivity contribution is 0.102. The zero-order valence-corrected chi connectivity index (χ0v) is 18.5. The maximum atomic E-state index is 12.6. The number of rotatable bonds is 8. The summed E-state index contributed by atoms with van der Waals surface area (Å²) in [5.74, 6) is 0.496. The van der Waals surface area contributed by atoms with Gasteiger partial charge in [0.15, 0.2) is 11.5 Å². The van der Waals surface area contributed by atoms with E-state index in [1.807, 2.05) is 18.2 Å². The molecule has 2 N–H and O–H groups in total. The van der Waals surface area contributed by atoms with Gasteiger partial charge < -0.3 is 14.8 Å². The molecule has 3 aromatic rings. The Bertz CT molecular complexity index is 1180. The minimum absolute atomic E-state index is 0.106. The van der Waals surface area contributed by atoms with Crippen LogP contribution in [0.5, 0.6) is 11.5 Å². The first kappa shape index (κ1) is 22.6. The van der Waals surface area contributed by atoms with Crippen LogP contribution in [0.3, 0.4) is 0 Å². The first-order chi connectivity index (χ1) is 14.8. The molecule has 31 heavy (non-hydrogen) atoms. The van der Waals surface area contributed by atoms with Crippen molar-refractivity contribution in [3.8, 4) is 11.5 Å². The summed E-state index contributed by atoms with van der Waals surface area (Å²) >= 11 is 6.15. The van der Waals surface area contributed by atoms with E-state index in [0.717, 1.165) is 5.56 Å². The predicted octanol–water partition coefficient (Wildman–Crippen LogP) is 4.09. The fourth-order valence-corrected chi connectivity index (χ4v) is 3.66. The Hall–Kier alpha value is -3.07. The van der Waals surface area contributed by atoms with Crippen molar-refractivity contribution in [3.05, 3.63) is 82.9 Å². The van der Waals surface area contributed by atoms with Crippen molar-refractivity contribution in [2.24, 2.45) is 0 Å². The van der Waals surface area contributed by atoms with Crippen LogP contribution in [-0.4, -0.2) is 28.5 Å². The Morgan fingerprint density at radius 3 is 2.35 bits per heavy atom. The molecule has 0 saturated heterocycles. The number of anilines is 1. The summed E-state index contributed by atoms with van der Waals surface area (Å²) in [5.41, 5.74) is 1.64. The topological polar surface area (TPSA) is 93.7 Å². The van der Waals surface area contributed by atoms with Gasteiger partial charge in [0.1, 0.15) is 6.61 Å². The van der Waals surface area contributed by atoms with E-state index in [4.69, 9.17) is 21.1 Å². The number of halogens is 1. The van der Waals surface area contributed by atoms with Crippen molar-refractivity contribution in [1.29, 1.82) is 0 Å². The molecule has 162 valence electrons. The molecule has 0 unspecified atom stereocenters. The molecule has 3 rings (SSSR count). The van der Waals surface area contributed by atoms with Crippen molar-refractivity contribution in [2.75, 3.05) is 19.5 Å². The maximum Gasteiger partial charge on any atom is 0.255 e. The van der Waals surface area contributed by atoms with E-state index in [1.165, 1.54) is 38.4 Å². The van der Waals surface area contributed by atoms with E-state index in [9.17, 15) is 13.2 Å². The van der Waals surface area contributed by atoms with Crippen molar-refractivity contribution in [2.45, 2.75) is 11.5 Å². The molecule has 7 nitrogen and oxygen atoms in total. The first-order valence-corrected chi connectivity index (χ1v) is 11.1. The fourth-order valence-electron chi connectivity index (χ4n) is 2.74. The minimum Gasteiger partial charge on any atom is -0.493 e. The van der Waals surface area contributed by atoms with Crippen LogP contribution in [0.1, 0.15) is 15.9 Å². The monoisotopic (exact) mass is 460 g/mol. The third-order valence-electron chi connectivity index (χ3n) is 4.46. The molecule has 1 amide bonds. The van der Waals surface area contributed by atoms with Crippen molar-refractivity contribution in [3.63, 3.8) is 0 Å². The van der Waals surface area contributed by atoms with Gasteiger partial charge in [-0.3, -0.25) is 4.79 Å². The highest BCUT2D eigenvalue weighted by molar-refractivity contribution is 7.89. The molecule has 0 aliphatic carbocycles. The number of methoxy groups -OCH3 is 1. The summed E-state index contributed by atoms with van der Waals surface area (Å²) < 4.78 is 37.0. The van der Waals surface area contributed by atoms with Crippen molar-refractivity contribution in [1.82, 2.24) is 4.72 Å². The van der Waals surface area contributed by atoms with Crippen molar-refractivity contribution < 1.29 is 22.7 Å². The normalized spacial score (nSPS) is 11.1. The van der Waals surface area contributed by atoms with Crippen LogP contribution in [0.15, 0.2) is 71.6 Å². The molecule has 0 aliphatic heterocycles. The number of sulfonamides is 1. The standard InChI is InChI=1S/C22H21ClN2O5S/c1-24-31(27,28)18-10-8-17(9-11-18)25-22(26)15-7-12-20(21(13-15)29-2)30-14-16-5-3-4-6-19(16)23/h3-13,24H,14H2,1-2H3,(H,25,26). The average Bonchev–Trinajstić information content (AvgIpc) is 2.78. The second kappa shape index (κ2) is 9.82. The molecule has 3 aromatic carbocycles. The lowest BCUT2D eigenvalue weighted by Crippen LogP contribution is -2.18. The van der Waals surface area contributed by atoms with Crippen LogP contribution in [0, 0.1) is 0 Å². The highest BCUT2D eigenvalue weighted by Gasteiger charge is 2.14. The zero-order chi connectivity index (χ0) is 22.4. The molecule has 0 spiro atoms. The Balaban J connectivity index is 1.71. The number of carbonyl (C=O) groups excluding carboxylic acids is 1. The number of ether oxygens (including phenoxy) is 2. The lowest BCUT2D eigenvalue weighted by atomic mass is 10.1. The lowest BCUT2D eigenvalue weighted by Gasteiger charge is -2.13. The third-order valence-corrected chi connectivity index (χ3v) is 6.26. The Morgan fingerprint density at radius 2 is 1.71 bits per heavy atom. The zero-order valence-electron chi connectivity index (χ0n) is 16.9. The summed E-state index contributed by atoms with van der Waals surface area (Å²) in [7, 11) is -0.719. The van der Waals surface area contributed by atoms with E-state index in [1.54, 1.807) is 24.3 Å². The molecule has 0 aliphatic rings. The smallest absolute Gasteiger partial charge is 0.255 e. The van der Waals surface area contributed by atoms with Crippen LogP contribution in [0.2, 0.25) is 5.02 Å². The van der Waals surface area contributed by atoms with Crippen molar-refractivity contribution >= 4 is 33.2 Å². The highest BCUT2D eigenvalue weighted by Crippen LogP contribution is 2.30. The largest absolute Gasteiger partial charge is 0.493 e. The van der Waals surface area contributed by atoms with Crippen LogP contribution >= 0.6 is 11.6 Å². The van der Waals surface area contributed by atoms with Gasteiger partial charge in [-0.25, -0.2) is 13.1 Å². The second-order valence-corrected chi connectivity index (χ2v) is 8.73. The number of benzene rings is 3. The first-order valence-electron chi connectivity index (χ1n) is 9.23. The molecular weight excluding hydrogens is 440 g/mol. The van der Waals surface area contributed by atoms with Gasteiger partial charge >= 0.3 is 0 Å². The van der Waals surface area contributed by atoms with Gasteiger partial charge in [0.2, 0.25) is 10.0 Å². The third kappa shape index (κ3) is 5.55. The predicted molar refractivity (Wildman–Crippen MR) is 119 cm³/mol. The Labute approximate surface area is 186 Å². The van der Waals surface area contributed by atoms with E-state index in [-0.39, 0.29) is 17.4 Å². The summed E-state index contributed by atoms with van der Waals surface area (Å²) in [4.78, 5) is 12.7. The van der Waals surface area contributed by atoms with Gasteiger partial charge in [-0.1, -0.05) is 29.8 Å². The van der Waals surface area contributed by atoms with Crippen LogP contribution in [0.4, 0.5) is 5.69 Å². The molecule has 0 bridgehead atoms. The highest BCUT2D eigenvalue weighted by atomic mass is 35.5. The number of hydrogen-bond acceptors (Lipinski definition) is 5. The number of carbonyl (C=O) groups is 1. The van der Waals surface area contributed by atoms with E-state index in [0.29, 0.717) is 27.8 Å². The fraction of sp³-hybridized carbons (Fsp3) is 0.136. The van der Waals surface area contributed by atoms with Gasteiger partial charge in [-0.2, -0.15) is 0 Å². The van der Waals surface area contributed by atoms with E-state index in [2.05, 4.69) is 10.0 Å². The van der Waals surface area contributed by atoms with Crippen LogP contribution in [0.25, 0.3) is 0 Å². The summed E-state index contributed by atoms with van der Waals surface area (Å²) in [6.07, 6.45) is 0. The molecule has 0 saturated carbocycles. The quantitative estimate of drug-likeness (QED) is 0.528. The van der Waals surface area contributed by atoms with Gasteiger partial charge in [0.25, 0.3) is 5.91 Å². The van der Waals surface area contributed by atoms with Gasteiger partial charge in [0.05, 0.1) is 12.0 Å². The molecular formula is C22H21ClN2O5S. The number of nitrogens with one attached hydrogen (secondary N) is 2. The van der Waals surface area contributed by atoms with Crippen LogP contribution < -0.4 is 19.5 Å². The molecule has 0 radical (unpaired) electrons.